The number of aliphatic hydroxyl groups excluding tert-OH is 4. The van der Waals surface area contributed by atoms with E-state index in [1.54, 1.807) is 0 Å². The van der Waals surface area contributed by atoms with E-state index in [1.807, 2.05) is 0 Å². The van der Waals surface area contributed by atoms with Crippen LogP contribution in [0.25, 0.3) is 11.2 Å². The molecular formula is C22H31N8O14P2+. The van der Waals surface area contributed by atoms with E-state index in [4.69, 9.17) is 30.0 Å². The number of pyridine rings is 1. The highest BCUT2D eigenvalue weighted by atomic mass is 31.3. The zero-order valence-corrected chi connectivity index (χ0v) is 25.4. The first-order valence-electron chi connectivity index (χ1n) is 13.3. The van der Waals surface area contributed by atoms with Gasteiger partial charge in [0.15, 0.2) is 41.7 Å². The molecule has 0 spiro atoms. The molecule has 2 saturated heterocycles. The molecule has 24 heteroatoms. The Morgan fingerprint density at radius 1 is 1.04 bits per heavy atom. The van der Waals surface area contributed by atoms with Crippen LogP contribution in [-0.4, -0.2) is 113 Å². The van der Waals surface area contributed by atoms with Gasteiger partial charge in [0.2, 0.25) is 5.95 Å². The first-order chi connectivity index (χ1) is 21.6. The zero-order chi connectivity index (χ0) is 33.6. The molecule has 11 N–H and O–H groups in total. The number of amides is 1. The molecule has 252 valence electrons. The van der Waals surface area contributed by atoms with Crippen molar-refractivity contribution >= 4 is 44.5 Å². The van der Waals surface area contributed by atoms with Gasteiger partial charge >= 0.3 is 15.6 Å². The van der Waals surface area contributed by atoms with Crippen LogP contribution in [0.5, 0.6) is 0 Å². The highest BCUT2D eigenvalue weighted by molar-refractivity contribution is 7.61. The number of nitrogens with two attached hydrogens (primary N) is 2. The molecule has 2 fully saturated rings. The average molecular weight is 693 g/mol. The zero-order valence-electron chi connectivity index (χ0n) is 23.7. The second kappa shape index (κ2) is 13.1. The molecule has 4 unspecified atom stereocenters. The summed E-state index contributed by atoms with van der Waals surface area (Å²) in [5.41, 5.74) is 11.5. The maximum absolute atomic E-state index is 12.5. The van der Waals surface area contributed by atoms with Crippen LogP contribution in [0.4, 0.5) is 11.8 Å². The van der Waals surface area contributed by atoms with Gasteiger partial charge in [-0.15, -0.1) is 0 Å². The number of nitrogen functional groups attached to an aromatic ring is 1. The highest BCUT2D eigenvalue weighted by Crippen LogP contribution is 2.60. The fraction of sp³-hybridized carbons (Fsp3) is 0.500. The summed E-state index contributed by atoms with van der Waals surface area (Å²) < 4.78 is 52.4. The molecule has 0 radical (unpaired) electrons. The van der Waals surface area contributed by atoms with E-state index in [2.05, 4.69) is 24.6 Å². The van der Waals surface area contributed by atoms with Crippen molar-refractivity contribution in [3.05, 3.63) is 36.4 Å². The van der Waals surface area contributed by atoms with Crippen LogP contribution in [0.1, 0.15) is 22.8 Å². The summed E-state index contributed by atoms with van der Waals surface area (Å²) in [6.07, 6.45) is -8.27. The predicted molar refractivity (Wildman–Crippen MR) is 149 cm³/mol. The molecule has 0 saturated carbocycles. The van der Waals surface area contributed by atoms with Crippen LogP contribution in [-0.2, 0) is 32.0 Å². The first-order valence-corrected chi connectivity index (χ1v) is 16.3. The fourth-order valence-electron chi connectivity index (χ4n) is 4.85. The second-order valence-corrected chi connectivity index (χ2v) is 13.1. The average Bonchev–Trinajstić information content (AvgIpc) is 3.61. The number of carbonyl (C=O) groups excluding carboxylic acids is 1. The van der Waals surface area contributed by atoms with Crippen LogP contribution >= 0.6 is 15.6 Å². The molecule has 22 nitrogen and oxygen atoms in total. The highest BCUT2D eigenvalue weighted by Gasteiger charge is 2.50. The summed E-state index contributed by atoms with van der Waals surface area (Å²) in [5.74, 6) is -0.611. The van der Waals surface area contributed by atoms with Gasteiger partial charge in [-0.2, -0.15) is 8.88 Å². The van der Waals surface area contributed by atoms with Crippen molar-refractivity contribution in [3.63, 3.8) is 0 Å². The Balaban J connectivity index is 1.18. The number of fused-ring (bicyclic) bond motifs is 1. The predicted octanol–water partition coefficient (Wildman–Crippen LogP) is -2.97. The fourth-order valence-corrected chi connectivity index (χ4v) is 6.94. The van der Waals surface area contributed by atoms with E-state index < -0.39 is 83.8 Å². The molecule has 46 heavy (non-hydrogen) atoms. The molecule has 1 amide bonds. The summed E-state index contributed by atoms with van der Waals surface area (Å²) in [5, 5.41) is 44.8. The van der Waals surface area contributed by atoms with Crippen LogP contribution in [0.2, 0.25) is 0 Å². The SMILES string of the molecule is CNc1nc2c(N)ncnc2n1[C@@H]1O[C@H](COP(=O)(O)OP(=O)(O)OC[C@@H]2O[C@H]([n+]3cccc(C(N)=O)c3)C(O)[C@@H]2O)C(O)[C@@H]1O. The number of imidazole rings is 1. The smallest absolute Gasteiger partial charge is 0.387 e. The Kier molecular flexibility index (Phi) is 9.74. The third kappa shape index (κ3) is 6.89. The summed E-state index contributed by atoms with van der Waals surface area (Å²) in [6, 6.07) is 2.83. The van der Waals surface area contributed by atoms with Crippen molar-refractivity contribution in [1.29, 1.82) is 0 Å². The van der Waals surface area contributed by atoms with Gasteiger partial charge in [-0.1, -0.05) is 0 Å². The molecule has 0 bridgehead atoms. The van der Waals surface area contributed by atoms with Crippen LogP contribution < -0.4 is 21.4 Å². The Labute approximate surface area is 258 Å². The minimum absolute atomic E-state index is 0.0288. The topological polar surface area (TPSA) is 330 Å². The van der Waals surface area contributed by atoms with Crippen molar-refractivity contribution in [2.45, 2.75) is 49.1 Å². The lowest BCUT2D eigenvalue weighted by atomic mass is 10.1. The number of carbonyl (C=O) groups is 1. The molecule has 5 heterocycles. The summed E-state index contributed by atoms with van der Waals surface area (Å²) in [4.78, 5) is 43.8. The number of anilines is 2. The number of nitrogens with one attached hydrogen (secondary N) is 1. The normalized spacial score (nSPS) is 30.7. The largest absolute Gasteiger partial charge is 0.481 e. The molecule has 2 aliphatic rings. The summed E-state index contributed by atoms with van der Waals surface area (Å²) in [6.45, 7) is -1.82. The second-order valence-electron chi connectivity index (χ2n) is 10.1. The van der Waals surface area contributed by atoms with Gasteiger partial charge in [0.05, 0.1) is 13.2 Å². The molecule has 0 aliphatic carbocycles. The maximum Gasteiger partial charge on any atom is 0.481 e. The van der Waals surface area contributed by atoms with Crippen molar-refractivity contribution in [2.24, 2.45) is 5.73 Å². The van der Waals surface area contributed by atoms with Crippen LogP contribution in [0, 0.1) is 0 Å². The first kappa shape index (κ1) is 34.1. The van der Waals surface area contributed by atoms with E-state index in [0.29, 0.717) is 0 Å². The third-order valence-corrected chi connectivity index (χ3v) is 9.67. The Morgan fingerprint density at radius 2 is 1.67 bits per heavy atom. The monoisotopic (exact) mass is 693 g/mol. The van der Waals surface area contributed by atoms with E-state index in [9.17, 15) is 44.1 Å². The van der Waals surface area contributed by atoms with Crippen molar-refractivity contribution in [3.8, 4) is 0 Å². The molecule has 10 atom stereocenters. The third-order valence-electron chi connectivity index (χ3n) is 7.07. The standard InChI is InChI=1S/C22H30N8O14P2/c1-25-22-28-12-17(23)26-8-27-19(12)30(22)21-16(34)14(32)11(43-21)7-41-46(38,39)44-45(36,37)40-6-10-13(31)15(33)20(42-10)29-4-2-3-9(5-29)18(24)35/h2-5,8,10-11,13-16,20-21,31-34H,6-7H2,1H3,(H6-,23,24,25,26,27,28,35,36,37,38,39)/p+1/t10-,11+,13+,14?,15?,16-,20-,21+/m0/s1. The number of primary amides is 1. The van der Waals surface area contributed by atoms with Crippen molar-refractivity contribution < 1.29 is 71.5 Å². The summed E-state index contributed by atoms with van der Waals surface area (Å²) >= 11 is 0. The van der Waals surface area contributed by atoms with Crippen LogP contribution in [0.15, 0.2) is 30.9 Å². The van der Waals surface area contributed by atoms with Gasteiger partial charge in [0, 0.05) is 13.1 Å². The van der Waals surface area contributed by atoms with Crippen LogP contribution in [0.3, 0.4) is 0 Å². The van der Waals surface area contributed by atoms with Gasteiger partial charge in [0.25, 0.3) is 12.1 Å². The lowest BCUT2D eigenvalue weighted by Gasteiger charge is -2.20. The van der Waals surface area contributed by atoms with E-state index >= 15 is 0 Å². The van der Waals surface area contributed by atoms with Gasteiger partial charge < -0.3 is 56.5 Å². The number of hydrogen-bond donors (Lipinski definition) is 9. The number of phosphoric ester groups is 2. The van der Waals surface area contributed by atoms with Gasteiger partial charge in [-0.3, -0.25) is 18.4 Å². The van der Waals surface area contributed by atoms with Crippen molar-refractivity contribution in [1.82, 2.24) is 19.5 Å². The number of ether oxygens (including phenoxy) is 2. The van der Waals surface area contributed by atoms with Gasteiger partial charge in [-0.25, -0.2) is 24.1 Å². The lowest BCUT2D eigenvalue weighted by Crippen LogP contribution is -2.46. The number of rotatable bonds is 12. The Bertz CT molecular complexity index is 1700. The molecule has 5 rings (SSSR count). The number of nitrogens with zero attached hydrogens (tertiary/aromatic N) is 5. The van der Waals surface area contributed by atoms with E-state index in [1.165, 1.54) is 40.7 Å². The van der Waals surface area contributed by atoms with E-state index in [-0.39, 0.29) is 28.5 Å². The van der Waals surface area contributed by atoms with E-state index in [0.717, 1.165) is 6.33 Å². The number of hydrogen-bond acceptors (Lipinski definition) is 17. The minimum atomic E-state index is -5.40. The minimum Gasteiger partial charge on any atom is -0.387 e. The number of aromatic nitrogens is 5. The molecular weight excluding hydrogens is 662 g/mol. The number of phosphoric acid groups is 2. The number of aliphatic hydroxyl groups is 4. The Hall–Kier alpha value is -3.21. The van der Waals surface area contributed by atoms with Gasteiger partial charge in [0.1, 0.15) is 42.4 Å². The van der Waals surface area contributed by atoms with Gasteiger partial charge in [-0.05, 0) is 6.07 Å². The molecule has 3 aromatic rings. The molecule has 0 aromatic carbocycles. The molecule has 2 aliphatic heterocycles. The van der Waals surface area contributed by atoms with Crippen molar-refractivity contribution in [2.75, 3.05) is 31.3 Å². The lowest BCUT2D eigenvalue weighted by molar-refractivity contribution is -0.765. The quantitative estimate of drug-likeness (QED) is 0.0675. The Morgan fingerprint density at radius 3 is 2.30 bits per heavy atom. The maximum atomic E-state index is 12.5. The molecule has 3 aromatic heterocycles. The summed E-state index contributed by atoms with van der Waals surface area (Å²) in [7, 11) is -9.27.